The number of aliphatic hydroxyl groups excluding tert-OH is 1. The van der Waals surface area contributed by atoms with Crippen LogP contribution in [0.4, 0.5) is 8.78 Å². The van der Waals surface area contributed by atoms with Gasteiger partial charge in [0.25, 0.3) is 0 Å². The summed E-state index contributed by atoms with van der Waals surface area (Å²) in [5.41, 5.74) is 2.98. The van der Waals surface area contributed by atoms with Crippen molar-refractivity contribution in [1.82, 2.24) is 0 Å². The van der Waals surface area contributed by atoms with Gasteiger partial charge in [-0.1, -0.05) is 29.8 Å². The Bertz CT molecular complexity index is 579. The summed E-state index contributed by atoms with van der Waals surface area (Å²) in [4.78, 5) is 0. The Balaban J connectivity index is 2.44. The van der Waals surface area contributed by atoms with E-state index in [1.165, 1.54) is 6.07 Å². The van der Waals surface area contributed by atoms with E-state index in [2.05, 4.69) is 0 Å². The molecule has 0 amide bonds. The van der Waals surface area contributed by atoms with Crippen molar-refractivity contribution in [3.05, 3.63) is 70.3 Å². The molecule has 18 heavy (non-hydrogen) atoms. The third-order valence-corrected chi connectivity index (χ3v) is 2.99. The number of aliphatic hydroxyl groups is 1. The molecule has 0 aliphatic rings. The first-order valence-electron chi connectivity index (χ1n) is 5.69. The molecular weight excluding hydrogens is 234 g/mol. The monoisotopic (exact) mass is 248 g/mol. The van der Waals surface area contributed by atoms with Gasteiger partial charge in [-0.3, -0.25) is 0 Å². The first-order chi connectivity index (χ1) is 8.49. The van der Waals surface area contributed by atoms with Gasteiger partial charge < -0.3 is 5.11 Å². The van der Waals surface area contributed by atoms with Crippen LogP contribution in [0.3, 0.4) is 0 Å². The molecule has 1 unspecified atom stereocenters. The fraction of sp³-hybridized carbons (Fsp3) is 0.200. The topological polar surface area (TPSA) is 20.2 Å². The Morgan fingerprint density at radius 3 is 2.33 bits per heavy atom. The van der Waals surface area contributed by atoms with E-state index in [0.717, 1.165) is 23.3 Å². The van der Waals surface area contributed by atoms with E-state index < -0.39 is 17.7 Å². The zero-order valence-electron chi connectivity index (χ0n) is 10.2. The fourth-order valence-corrected chi connectivity index (χ4v) is 1.92. The van der Waals surface area contributed by atoms with E-state index in [-0.39, 0.29) is 0 Å². The Morgan fingerprint density at radius 2 is 1.67 bits per heavy atom. The van der Waals surface area contributed by atoms with Crippen molar-refractivity contribution < 1.29 is 13.9 Å². The first kappa shape index (κ1) is 12.7. The maximum Gasteiger partial charge on any atom is 0.159 e. The molecule has 2 aromatic carbocycles. The van der Waals surface area contributed by atoms with Crippen LogP contribution in [-0.4, -0.2) is 5.11 Å². The van der Waals surface area contributed by atoms with Crippen LogP contribution in [0, 0.1) is 25.5 Å². The molecule has 2 rings (SSSR count). The van der Waals surface area contributed by atoms with Crippen LogP contribution in [-0.2, 0) is 0 Å². The van der Waals surface area contributed by atoms with E-state index in [1.807, 2.05) is 32.0 Å². The minimum absolute atomic E-state index is 0.350. The molecule has 3 heteroatoms. The smallest absolute Gasteiger partial charge is 0.159 e. The van der Waals surface area contributed by atoms with Crippen molar-refractivity contribution in [2.24, 2.45) is 0 Å². The highest BCUT2D eigenvalue weighted by Gasteiger charge is 2.15. The number of rotatable bonds is 2. The van der Waals surface area contributed by atoms with Crippen LogP contribution in [0.5, 0.6) is 0 Å². The van der Waals surface area contributed by atoms with Gasteiger partial charge in [-0.25, -0.2) is 8.78 Å². The highest BCUT2D eigenvalue weighted by atomic mass is 19.2. The van der Waals surface area contributed by atoms with E-state index in [9.17, 15) is 13.9 Å². The molecule has 0 saturated heterocycles. The predicted octanol–water partition coefficient (Wildman–Crippen LogP) is 3.66. The summed E-state index contributed by atoms with van der Waals surface area (Å²) >= 11 is 0. The van der Waals surface area contributed by atoms with Gasteiger partial charge in [-0.05, 0) is 42.7 Å². The molecule has 1 atom stereocenters. The fourth-order valence-electron chi connectivity index (χ4n) is 1.92. The van der Waals surface area contributed by atoms with Gasteiger partial charge in [-0.15, -0.1) is 0 Å². The van der Waals surface area contributed by atoms with Crippen molar-refractivity contribution in [3.8, 4) is 0 Å². The summed E-state index contributed by atoms with van der Waals surface area (Å²) in [6, 6.07) is 9.14. The zero-order valence-corrected chi connectivity index (χ0v) is 10.2. The second kappa shape index (κ2) is 4.86. The van der Waals surface area contributed by atoms with Crippen LogP contribution < -0.4 is 0 Å². The molecule has 0 fully saturated rings. The lowest BCUT2D eigenvalue weighted by molar-refractivity contribution is 0.218. The van der Waals surface area contributed by atoms with Crippen LogP contribution in [0.2, 0.25) is 0 Å². The number of hydrogen-bond acceptors (Lipinski definition) is 1. The molecule has 0 heterocycles. The second-order valence-corrected chi connectivity index (χ2v) is 4.44. The van der Waals surface area contributed by atoms with Crippen molar-refractivity contribution in [2.75, 3.05) is 0 Å². The molecule has 0 radical (unpaired) electrons. The quantitative estimate of drug-likeness (QED) is 0.859. The average Bonchev–Trinajstić information content (AvgIpc) is 2.35. The van der Waals surface area contributed by atoms with E-state index >= 15 is 0 Å². The summed E-state index contributed by atoms with van der Waals surface area (Å²) in [6.07, 6.45) is -0.944. The zero-order chi connectivity index (χ0) is 13.3. The van der Waals surface area contributed by atoms with Gasteiger partial charge >= 0.3 is 0 Å². The number of halogens is 2. The normalized spacial score (nSPS) is 12.5. The number of aryl methyl sites for hydroxylation is 2. The summed E-state index contributed by atoms with van der Waals surface area (Å²) in [5.74, 6) is -1.86. The van der Waals surface area contributed by atoms with Crippen molar-refractivity contribution in [2.45, 2.75) is 20.0 Å². The standard InChI is InChI=1S/C15H14F2O/c1-9-3-4-10(2)12(7-9)15(18)11-5-6-13(16)14(17)8-11/h3-8,15,18H,1-2H3. The highest BCUT2D eigenvalue weighted by molar-refractivity contribution is 5.37. The lowest BCUT2D eigenvalue weighted by Gasteiger charge is -2.15. The molecule has 0 aliphatic carbocycles. The molecule has 2 aromatic rings. The van der Waals surface area contributed by atoms with Gasteiger partial charge in [0.1, 0.15) is 6.10 Å². The largest absolute Gasteiger partial charge is 0.384 e. The second-order valence-electron chi connectivity index (χ2n) is 4.44. The van der Waals surface area contributed by atoms with Gasteiger partial charge in [0.2, 0.25) is 0 Å². The molecule has 1 nitrogen and oxygen atoms in total. The molecule has 0 spiro atoms. The van der Waals surface area contributed by atoms with Crippen molar-refractivity contribution in [1.29, 1.82) is 0 Å². The highest BCUT2D eigenvalue weighted by Crippen LogP contribution is 2.26. The third-order valence-electron chi connectivity index (χ3n) is 2.99. The van der Waals surface area contributed by atoms with Crippen LogP contribution in [0.25, 0.3) is 0 Å². The first-order valence-corrected chi connectivity index (χ1v) is 5.69. The lowest BCUT2D eigenvalue weighted by Crippen LogP contribution is -2.03. The lowest BCUT2D eigenvalue weighted by atomic mass is 9.96. The Labute approximate surface area is 105 Å². The average molecular weight is 248 g/mol. The summed E-state index contributed by atoms with van der Waals surface area (Å²) in [7, 11) is 0. The Morgan fingerprint density at radius 1 is 0.944 bits per heavy atom. The maximum absolute atomic E-state index is 13.1. The van der Waals surface area contributed by atoms with Crippen molar-refractivity contribution >= 4 is 0 Å². The van der Waals surface area contributed by atoms with Gasteiger partial charge in [0.15, 0.2) is 11.6 Å². The molecule has 1 N–H and O–H groups in total. The molecule has 94 valence electrons. The van der Waals surface area contributed by atoms with Crippen molar-refractivity contribution in [3.63, 3.8) is 0 Å². The van der Waals surface area contributed by atoms with Gasteiger partial charge in [0, 0.05) is 0 Å². The van der Waals surface area contributed by atoms with Gasteiger partial charge in [0.05, 0.1) is 0 Å². The Kier molecular flexibility index (Phi) is 3.43. The van der Waals surface area contributed by atoms with Gasteiger partial charge in [-0.2, -0.15) is 0 Å². The third kappa shape index (κ3) is 2.41. The van der Waals surface area contributed by atoms with Crippen LogP contribution >= 0.6 is 0 Å². The van der Waals surface area contributed by atoms with Crippen LogP contribution in [0.1, 0.15) is 28.4 Å². The van der Waals surface area contributed by atoms with E-state index in [0.29, 0.717) is 11.1 Å². The minimum atomic E-state index is -0.947. The summed E-state index contributed by atoms with van der Waals surface area (Å²) in [6.45, 7) is 3.79. The predicted molar refractivity (Wildman–Crippen MR) is 66.3 cm³/mol. The Hall–Kier alpha value is -1.74. The molecular formula is C15H14F2O. The molecule has 0 saturated carbocycles. The molecule has 0 bridgehead atoms. The van der Waals surface area contributed by atoms with E-state index in [1.54, 1.807) is 0 Å². The maximum atomic E-state index is 13.1. The summed E-state index contributed by atoms with van der Waals surface area (Å²) < 4.78 is 26.0. The van der Waals surface area contributed by atoms with Crippen LogP contribution in [0.15, 0.2) is 36.4 Å². The number of hydrogen-bond donors (Lipinski definition) is 1. The SMILES string of the molecule is Cc1ccc(C)c(C(O)c2ccc(F)c(F)c2)c1. The summed E-state index contributed by atoms with van der Waals surface area (Å²) in [5, 5.41) is 10.2. The number of benzene rings is 2. The minimum Gasteiger partial charge on any atom is -0.384 e. The molecule has 0 aliphatic heterocycles. The molecule has 0 aromatic heterocycles. The van der Waals surface area contributed by atoms with E-state index in [4.69, 9.17) is 0 Å².